The Morgan fingerprint density at radius 3 is 2.61 bits per heavy atom. The average Bonchev–Trinajstić information content (AvgIpc) is 3.71. The highest BCUT2D eigenvalue weighted by atomic mass is 35.5. The predicted octanol–water partition coefficient (Wildman–Crippen LogP) is 5.10. The zero-order valence-electron chi connectivity index (χ0n) is 20.2. The van der Waals surface area contributed by atoms with E-state index < -0.39 is 16.9 Å². The van der Waals surface area contributed by atoms with E-state index >= 15 is 0 Å². The fourth-order valence-electron chi connectivity index (χ4n) is 7.83. The van der Waals surface area contributed by atoms with Crippen molar-refractivity contribution in [3.8, 4) is 0 Å². The number of halogens is 1. The summed E-state index contributed by atoms with van der Waals surface area (Å²) in [6, 6.07) is 21.6. The van der Waals surface area contributed by atoms with E-state index in [-0.39, 0.29) is 29.4 Å². The van der Waals surface area contributed by atoms with Crippen LogP contribution < -0.4 is 10.6 Å². The van der Waals surface area contributed by atoms with Gasteiger partial charge in [-0.05, 0) is 49.2 Å². The highest BCUT2D eigenvalue weighted by Crippen LogP contribution is 2.68. The van der Waals surface area contributed by atoms with Crippen LogP contribution in [0.2, 0.25) is 5.02 Å². The SMILES string of the molecule is O=C(c1cc2ccccc2o1)C1C2CCCN2C2(C(=O)Nc3c(Cl)cccc32)C12C(=O)Nc1ccccc12. The van der Waals surface area contributed by atoms with E-state index in [1.165, 1.54) is 0 Å². The normalized spacial score (nSPS) is 29.1. The molecule has 0 bridgehead atoms. The van der Waals surface area contributed by atoms with Crippen LogP contribution in [-0.2, 0) is 20.5 Å². The van der Waals surface area contributed by atoms with Crippen molar-refractivity contribution < 1.29 is 18.8 Å². The first-order valence-electron chi connectivity index (χ1n) is 12.8. The van der Waals surface area contributed by atoms with Crippen LogP contribution in [0.1, 0.15) is 34.5 Å². The topological polar surface area (TPSA) is 91.7 Å². The molecule has 8 rings (SSSR count). The molecule has 2 fully saturated rings. The first-order chi connectivity index (χ1) is 18.5. The highest BCUT2D eigenvalue weighted by Gasteiger charge is 2.81. The molecule has 4 aromatic rings. The molecule has 1 aromatic heterocycles. The lowest BCUT2D eigenvalue weighted by molar-refractivity contribution is -0.137. The third-order valence-electron chi connectivity index (χ3n) is 9.03. The summed E-state index contributed by atoms with van der Waals surface area (Å²) in [5.41, 5.74) is 0.0303. The molecule has 188 valence electrons. The standard InChI is InChI=1S/C30H22ClN3O4/c31-19-10-5-9-18-25(19)33-28(37)30(18)29(17-8-2-3-11-20(17)32-27(29)36)24(21-12-6-14-34(21)30)26(35)23-15-16-7-1-4-13-22(16)38-23/h1-5,7-11,13,15,21,24H,6,12,14H2,(H,32,36)(H,33,37). The maximum absolute atomic E-state index is 14.6. The van der Waals surface area contributed by atoms with Crippen LogP contribution in [0, 0.1) is 5.92 Å². The Bertz CT molecular complexity index is 1700. The Morgan fingerprint density at radius 1 is 0.947 bits per heavy atom. The van der Waals surface area contributed by atoms with Gasteiger partial charge < -0.3 is 15.1 Å². The van der Waals surface area contributed by atoms with Crippen molar-refractivity contribution in [3.05, 3.63) is 94.7 Å². The smallest absolute Gasteiger partial charge is 0.251 e. The molecule has 4 unspecified atom stereocenters. The monoisotopic (exact) mass is 523 g/mol. The van der Waals surface area contributed by atoms with Crippen molar-refractivity contribution in [2.24, 2.45) is 5.92 Å². The Morgan fingerprint density at radius 2 is 1.74 bits per heavy atom. The third-order valence-corrected chi connectivity index (χ3v) is 9.35. The number of hydrogen-bond acceptors (Lipinski definition) is 5. The van der Waals surface area contributed by atoms with E-state index in [0.717, 1.165) is 11.8 Å². The zero-order valence-corrected chi connectivity index (χ0v) is 20.9. The van der Waals surface area contributed by atoms with Gasteiger partial charge in [0.15, 0.2) is 5.76 Å². The number of anilines is 2. The number of ketones is 1. The number of Topliss-reactive ketones (excluding diaryl/α,β-unsaturated/α-hetero) is 1. The molecular formula is C30H22ClN3O4. The third kappa shape index (κ3) is 2.34. The van der Waals surface area contributed by atoms with Gasteiger partial charge in [0.25, 0.3) is 5.91 Å². The Hall–Kier alpha value is -3.94. The number of rotatable bonds is 2. The van der Waals surface area contributed by atoms with Gasteiger partial charge in [-0.25, -0.2) is 0 Å². The van der Waals surface area contributed by atoms with Crippen LogP contribution in [0.15, 0.2) is 77.2 Å². The van der Waals surface area contributed by atoms with Gasteiger partial charge >= 0.3 is 0 Å². The number of carbonyl (C=O) groups is 3. The van der Waals surface area contributed by atoms with Crippen LogP contribution in [0.4, 0.5) is 11.4 Å². The summed E-state index contributed by atoms with van der Waals surface area (Å²) in [4.78, 5) is 45.6. The molecule has 0 saturated carbocycles. The Balaban J connectivity index is 1.47. The zero-order chi connectivity index (χ0) is 25.8. The van der Waals surface area contributed by atoms with Crippen molar-refractivity contribution in [1.29, 1.82) is 0 Å². The number of nitrogens with one attached hydrogen (secondary N) is 2. The van der Waals surface area contributed by atoms with Gasteiger partial charge in [-0.2, -0.15) is 0 Å². The second-order valence-corrected chi connectivity index (χ2v) is 10.9. The summed E-state index contributed by atoms with van der Waals surface area (Å²) in [7, 11) is 0. The molecule has 0 aliphatic carbocycles. The maximum Gasteiger partial charge on any atom is 0.251 e. The largest absolute Gasteiger partial charge is 0.453 e. The second kappa shape index (κ2) is 7.34. The molecule has 4 atom stereocenters. The average molecular weight is 524 g/mol. The predicted molar refractivity (Wildman–Crippen MR) is 142 cm³/mol. The maximum atomic E-state index is 14.6. The van der Waals surface area contributed by atoms with Gasteiger partial charge in [0.1, 0.15) is 16.5 Å². The quantitative estimate of drug-likeness (QED) is 0.357. The molecule has 38 heavy (non-hydrogen) atoms. The van der Waals surface area contributed by atoms with E-state index in [4.69, 9.17) is 16.0 Å². The van der Waals surface area contributed by atoms with Gasteiger partial charge in [0, 0.05) is 22.7 Å². The highest BCUT2D eigenvalue weighted by molar-refractivity contribution is 6.35. The summed E-state index contributed by atoms with van der Waals surface area (Å²) in [6.07, 6.45) is 1.48. The second-order valence-electron chi connectivity index (χ2n) is 10.5. The molecule has 7 nitrogen and oxygen atoms in total. The summed E-state index contributed by atoms with van der Waals surface area (Å²) in [5, 5.41) is 7.26. The van der Waals surface area contributed by atoms with Crippen LogP contribution in [0.3, 0.4) is 0 Å². The summed E-state index contributed by atoms with van der Waals surface area (Å²) >= 11 is 6.60. The van der Waals surface area contributed by atoms with Crippen molar-refractivity contribution in [3.63, 3.8) is 0 Å². The summed E-state index contributed by atoms with van der Waals surface area (Å²) in [5.74, 6) is -1.62. The number of carbonyl (C=O) groups excluding carboxylic acids is 3. The van der Waals surface area contributed by atoms with Crippen molar-refractivity contribution in [2.75, 3.05) is 17.2 Å². The number of nitrogens with zero attached hydrogens (tertiary/aromatic N) is 1. The van der Waals surface area contributed by atoms with Crippen molar-refractivity contribution in [1.82, 2.24) is 4.90 Å². The molecular weight excluding hydrogens is 502 g/mol. The molecule has 2 amide bonds. The van der Waals surface area contributed by atoms with Gasteiger partial charge in [-0.15, -0.1) is 0 Å². The van der Waals surface area contributed by atoms with E-state index in [9.17, 15) is 14.4 Å². The minimum atomic E-state index is -1.52. The van der Waals surface area contributed by atoms with Crippen LogP contribution in [0.25, 0.3) is 11.0 Å². The fraction of sp³-hybridized carbons (Fsp3) is 0.233. The first-order valence-corrected chi connectivity index (χ1v) is 13.2. The van der Waals surface area contributed by atoms with E-state index in [1.807, 2.05) is 54.6 Å². The van der Waals surface area contributed by atoms with Gasteiger partial charge in [0.2, 0.25) is 11.7 Å². The van der Waals surface area contributed by atoms with E-state index in [0.29, 0.717) is 46.1 Å². The molecule has 2 N–H and O–H groups in total. The molecule has 4 aliphatic rings. The summed E-state index contributed by atoms with van der Waals surface area (Å²) < 4.78 is 6.06. The Labute approximate surface area is 222 Å². The molecule has 8 heteroatoms. The lowest BCUT2D eigenvalue weighted by Crippen LogP contribution is -2.62. The number of benzene rings is 3. The molecule has 5 heterocycles. The van der Waals surface area contributed by atoms with Crippen LogP contribution in [0.5, 0.6) is 0 Å². The number of hydrogen-bond donors (Lipinski definition) is 2. The Kier molecular flexibility index (Phi) is 4.26. The molecule has 2 spiro atoms. The lowest BCUT2D eigenvalue weighted by atomic mass is 9.57. The number of para-hydroxylation sites is 3. The molecule has 2 saturated heterocycles. The van der Waals surface area contributed by atoms with Gasteiger partial charge in [-0.3, -0.25) is 19.3 Å². The van der Waals surface area contributed by atoms with Crippen molar-refractivity contribution in [2.45, 2.75) is 29.8 Å². The van der Waals surface area contributed by atoms with E-state index in [1.54, 1.807) is 18.2 Å². The first kappa shape index (κ1) is 22.1. The minimum Gasteiger partial charge on any atom is -0.453 e. The number of amides is 2. The van der Waals surface area contributed by atoms with Crippen LogP contribution >= 0.6 is 11.6 Å². The molecule has 3 aromatic carbocycles. The lowest BCUT2D eigenvalue weighted by Gasteiger charge is -2.43. The van der Waals surface area contributed by atoms with Gasteiger partial charge in [0.05, 0.1) is 16.6 Å². The van der Waals surface area contributed by atoms with E-state index in [2.05, 4.69) is 15.5 Å². The molecule has 0 radical (unpaired) electrons. The summed E-state index contributed by atoms with van der Waals surface area (Å²) in [6.45, 7) is 0.575. The van der Waals surface area contributed by atoms with Gasteiger partial charge in [-0.1, -0.05) is 60.1 Å². The number of furan rings is 1. The molecule has 4 aliphatic heterocycles. The van der Waals surface area contributed by atoms with Crippen molar-refractivity contribution >= 4 is 51.5 Å². The minimum absolute atomic E-state index is 0.196. The fourth-order valence-corrected chi connectivity index (χ4v) is 8.05. The van der Waals surface area contributed by atoms with Crippen LogP contribution in [-0.4, -0.2) is 35.1 Å². The number of fused-ring (bicyclic) bond motifs is 8.